The lowest BCUT2D eigenvalue weighted by atomic mass is 9.78. The number of ether oxygens (including phenoxy) is 1. The monoisotopic (exact) mass is 367 g/mol. The molecule has 7 heteroatoms. The highest BCUT2D eigenvalue weighted by molar-refractivity contribution is 5.98. The second-order valence-electron chi connectivity index (χ2n) is 6.62. The molecule has 1 aromatic rings. The minimum Gasteiger partial charge on any atom is -0.384 e. The van der Waals surface area contributed by atoms with Crippen molar-refractivity contribution in [3.05, 3.63) is 24.3 Å². The molecule has 2 N–H and O–H groups in total. The van der Waals surface area contributed by atoms with Crippen LogP contribution in [0.5, 0.6) is 0 Å². The van der Waals surface area contributed by atoms with Crippen LogP contribution in [-0.4, -0.2) is 45.2 Å². The van der Waals surface area contributed by atoms with Gasteiger partial charge >= 0.3 is 0 Å². The summed E-state index contributed by atoms with van der Waals surface area (Å²) in [5.74, 6) is 0.142. The molecule has 2 saturated heterocycles. The van der Waals surface area contributed by atoms with Crippen LogP contribution in [0.3, 0.4) is 0 Å². The third kappa shape index (κ3) is 4.32. The minimum absolute atomic E-state index is 0. The maximum Gasteiger partial charge on any atom is 0.233 e. The summed E-state index contributed by atoms with van der Waals surface area (Å²) in [7, 11) is 1.64. The largest absolute Gasteiger partial charge is 0.384 e. The van der Waals surface area contributed by atoms with Gasteiger partial charge in [-0.2, -0.15) is 0 Å². The Morgan fingerprint density at radius 3 is 2.76 bits per heavy atom. The van der Waals surface area contributed by atoms with Gasteiger partial charge in [0.25, 0.3) is 0 Å². The Labute approximate surface area is 154 Å². The minimum atomic E-state index is -0.487. The molecule has 2 fully saturated rings. The Hall–Kier alpha value is -1.63. The number of carbonyl (C=O) groups excluding carboxylic acids is 2. The predicted molar refractivity (Wildman–Crippen MR) is 100 cm³/mol. The Kier molecular flexibility index (Phi) is 6.81. The van der Waals surface area contributed by atoms with Gasteiger partial charge in [0.2, 0.25) is 11.8 Å². The first-order chi connectivity index (χ1) is 11.6. The molecule has 0 bridgehead atoms. The number of nitrogens with one attached hydrogen (secondary N) is 2. The lowest BCUT2D eigenvalue weighted by Crippen LogP contribution is -2.47. The van der Waals surface area contributed by atoms with Gasteiger partial charge in [-0.05, 0) is 50.6 Å². The van der Waals surface area contributed by atoms with Crippen LogP contribution in [0.1, 0.15) is 25.7 Å². The fraction of sp³-hybridized carbons (Fsp3) is 0.556. The van der Waals surface area contributed by atoms with Crippen molar-refractivity contribution in [2.75, 3.05) is 43.6 Å². The summed E-state index contributed by atoms with van der Waals surface area (Å²) in [4.78, 5) is 26.6. The van der Waals surface area contributed by atoms with E-state index < -0.39 is 5.41 Å². The van der Waals surface area contributed by atoms with Crippen LogP contribution >= 0.6 is 12.4 Å². The molecule has 0 aromatic heterocycles. The topological polar surface area (TPSA) is 70.7 Å². The number of nitrogens with zero attached hydrogens (tertiary/aromatic N) is 1. The third-order valence-electron chi connectivity index (χ3n) is 4.95. The highest BCUT2D eigenvalue weighted by Crippen LogP contribution is 2.32. The fourth-order valence-electron chi connectivity index (χ4n) is 3.55. The molecule has 3 rings (SSSR count). The third-order valence-corrected chi connectivity index (χ3v) is 4.95. The molecular weight excluding hydrogens is 342 g/mol. The van der Waals surface area contributed by atoms with Crippen LogP contribution in [0.25, 0.3) is 0 Å². The second-order valence-corrected chi connectivity index (χ2v) is 6.62. The number of methoxy groups -OCH3 is 1. The predicted octanol–water partition coefficient (Wildman–Crippen LogP) is 2.19. The summed E-state index contributed by atoms with van der Waals surface area (Å²) in [6.07, 6.45) is 3.01. The number of halogens is 1. The zero-order valence-electron chi connectivity index (χ0n) is 14.5. The van der Waals surface area contributed by atoms with E-state index in [0.29, 0.717) is 13.0 Å². The zero-order valence-corrected chi connectivity index (χ0v) is 15.4. The van der Waals surface area contributed by atoms with Gasteiger partial charge in [-0.25, -0.2) is 0 Å². The Morgan fingerprint density at radius 1 is 1.36 bits per heavy atom. The molecule has 2 aliphatic heterocycles. The second kappa shape index (κ2) is 8.65. The molecule has 0 radical (unpaired) electrons. The van der Waals surface area contributed by atoms with Gasteiger partial charge in [-0.15, -0.1) is 12.4 Å². The van der Waals surface area contributed by atoms with Crippen molar-refractivity contribution < 1.29 is 14.3 Å². The molecule has 1 aromatic carbocycles. The number of anilines is 2. The molecule has 25 heavy (non-hydrogen) atoms. The SMILES string of the molecule is COCC1(C(=O)Nc2cccc(N3CCCC3=O)c2)CCNCC1.Cl. The first kappa shape index (κ1) is 19.7. The molecule has 0 saturated carbocycles. The van der Waals surface area contributed by atoms with E-state index in [9.17, 15) is 9.59 Å². The average molecular weight is 368 g/mol. The highest BCUT2D eigenvalue weighted by atomic mass is 35.5. The fourth-order valence-corrected chi connectivity index (χ4v) is 3.55. The number of carbonyl (C=O) groups is 2. The van der Waals surface area contributed by atoms with E-state index in [1.807, 2.05) is 24.3 Å². The van der Waals surface area contributed by atoms with E-state index in [1.54, 1.807) is 12.0 Å². The molecule has 0 unspecified atom stereocenters. The number of benzene rings is 1. The molecular formula is C18H26ClN3O3. The number of amides is 2. The average Bonchev–Trinajstić information content (AvgIpc) is 3.02. The van der Waals surface area contributed by atoms with Gasteiger partial charge in [0.15, 0.2) is 0 Å². The van der Waals surface area contributed by atoms with Crippen LogP contribution in [0, 0.1) is 5.41 Å². The highest BCUT2D eigenvalue weighted by Gasteiger charge is 2.39. The van der Waals surface area contributed by atoms with Gasteiger partial charge in [0.05, 0.1) is 12.0 Å². The molecule has 2 amide bonds. The number of hydrogen-bond acceptors (Lipinski definition) is 4. The van der Waals surface area contributed by atoms with E-state index in [-0.39, 0.29) is 24.2 Å². The van der Waals surface area contributed by atoms with Crippen molar-refractivity contribution in [3.8, 4) is 0 Å². The van der Waals surface area contributed by atoms with Crippen molar-refractivity contribution in [2.45, 2.75) is 25.7 Å². The maximum atomic E-state index is 12.9. The van der Waals surface area contributed by atoms with E-state index in [4.69, 9.17) is 4.74 Å². The molecule has 138 valence electrons. The van der Waals surface area contributed by atoms with Crippen LogP contribution in [0.4, 0.5) is 11.4 Å². The normalized spacial score (nSPS) is 19.4. The van der Waals surface area contributed by atoms with E-state index in [2.05, 4.69) is 10.6 Å². The van der Waals surface area contributed by atoms with Crippen molar-refractivity contribution in [1.82, 2.24) is 5.32 Å². The zero-order chi connectivity index (χ0) is 17.0. The van der Waals surface area contributed by atoms with Crippen molar-refractivity contribution in [1.29, 1.82) is 0 Å². The van der Waals surface area contributed by atoms with Gasteiger partial charge < -0.3 is 20.3 Å². The smallest absolute Gasteiger partial charge is 0.233 e. The first-order valence-corrected chi connectivity index (χ1v) is 8.56. The lowest BCUT2D eigenvalue weighted by Gasteiger charge is -2.35. The Balaban J connectivity index is 0.00000225. The lowest BCUT2D eigenvalue weighted by molar-refractivity contribution is -0.130. The summed E-state index contributed by atoms with van der Waals surface area (Å²) >= 11 is 0. The summed E-state index contributed by atoms with van der Waals surface area (Å²) in [5, 5.41) is 6.32. The summed E-state index contributed by atoms with van der Waals surface area (Å²) in [6.45, 7) is 2.80. The molecule has 2 aliphatic rings. The van der Waals surface area contributed by atoms with E-state index in [0.717, 1.165) is 50.3 Å². The van der Waals surface area contributed by atoms with E-state index >= 15 is 0 Å². The maximum absolute atomic E-state index is 12.9. The summed E-state index contributed by atoms with van der Waals surface area (Å²) < 4.78 is 5.32. The number of piperidine rings is 1. The quantitative estimate of drug-likeness (QED) is 0.837. The van der Waals surface area contributed by atoms with Crippen molar-refractivity contribution >= 4 is 35.6 Å². The van der Waals surface area contributed by atoms with Crippen LogP contribution < -0.4 is 15.5 Å². The molecule has 0 aliphatic carbocycles. The Morgan fingerprint density at radius 2 is 2.12 bits per heavy atom. The standard InChI is InChI=1S/C18H25N3O3.ClH/c1-24-13-18(7-9-19-10-8-18)17(23)20-14-4-2-5-15(12-14)21-11-3-6-16(21)22;/h2,4-5,12,19H,3,6-11,13H2,1H3,(H,20,23);1H. The molecule has 0 spiro atoms. The van der Waals surface area contributed by atoms with Crippen molar-refractivity contribution in [3.63, 3.8) is 0 Å². The van der Waals surface area contributed by atoms with Gasteiger partial charge in [0, 0.05) is 31.5 Å². The van der Waals surface area contributed by atoms with Crippen molar-refractivity contribution in [2.24, 2.45) is 5.41 Å². The van der Waals surface area contributed by atoms with Gasteiger partial charge in [-0.3, -0.25) is 9.59 Å². The summed E-state index contributed by atoms with van der Waals surface area (Å²) in [6, 6.07) is 7.53. The Bertz CT molecular complexity index is 612. The van der Waals surface area contributed by atoms with Crippen LogP contribution in [0.15, 0.2) is 24.3 Å². The summed E-state index contributed by atoms with van der Waals surface area (Å²) in [5.41, 5.74) is 1.09. The number of rotatable bonds is 5. The van der Waals surface area contributed by atoms with Crippen LogP contribution in [-0.2, 0) is 14.3 Å². The van der Waals surface area contributed by atoms with Gasteiger partial charge in [0.1, 0.15) is 0 Å². The molecule has 6 nitrogen and oxygen atoms in total. The molecule has 2 heterocycles. The first-order valence-electron chi connectivity index (χ1n) is 8.56. The van der Waals surface area contributed by atoms with E-state index in [1.165, 1.54) is 0 Å². The molecule has 0 atom stereocenters. The van der Waals surface area contributed by atoms with Crippen LogP contribution in [0.2, 0.25) is 0 Å². The number of hydrogen-bond donors (Lipinski definition) is 2. The van der Waals surface area contributed by atoms with Gasteiger partial charge in [-0.1, -0.05) is 6.07 Å².